The molecule has 0 aliphatic carbocycles. The van der Waals surface area contributed by atoms with E-state index in [1.165, 1.54) is 31.2 Å². The van der Waals surface area contributed by atoms with Crippen molar-refractivity contribution in [1.29, 1.82) is 0 Å². The second kappa shape index (κ2) is 4.15. The van der Waals surface area contributed by atoms with Crippen molar-refractivity contribution in [2.75, 3.05) is 0 Å². The van der Waals surface area contributed by atoms with E-state index in [-0.39, 0.29) is 0 Å². The molecular weight excluding hydrogens is 122 g/mol. The van der Waals surface area contributed by atoms with Gasteiger partial charge in [-0.05, 0) is 24.5 Å². The maximum absolute atomic E-state index is 2.93. The highest BCUT2D eigenvalue weighted by Gasteiger charge is 1.90. The second-order valence-corrected chi connectivity index (χ2v) is 2.61. The predicted octanol–water partition coefficient (Wildman–Crippen LogP) is 2.55. The zero-order valence-corrected chi connectivity index (χ0v) is 6.48. The highest BCUT2D eigenvalue weighted by molar-refractivity contribution is 5.06. The van der Waals surface area contributed by atoms with Crippen molar-refractivity contribution in [2.45, 2.75) is 32.6 Å². The van der Waals surface area contributed by atoms with Gasteiger partial charge in [-0.25, -0.2) is 0 Å². The summed E-state index contributed by atoms with van der Waals surface area (Å²) in [6.07, 6.45) is 10.1. The van der Waals surface area contributed by atoms with Crippen molar-refractivity contribution in [3.63, 3.8) is 0 Å². The van der Waals surface area contributed by atoms with Gasteiger partial charge >= 0.3 is 0 Å². The lowest BCUT2D eigenvalue weighted by Crippen LogP contribution is -1.80. The van der Waals surface area contributed by atoms with E-state index < -0.39 is 0 Å². The number of aromatic nitrogens is 1. The number of hydrogen-bond donors (Lipinski definition) is 1. The molecule has 55 valence electrons. The van der Waals surface area contributed by atoms with Gasteiger partial charge < -0.3 is 4.98 Å². The first kappa shape index (κ1) is 7.39. The summed E-state index contributed by atoms with van der Waals surface area (Å²) >= 11 is 0. The van der Waals surface area contributed by atoms with Crippen LogP contribution in [0.4, 0.5) is 0 Å². The SMILES string of the molecule is CCCCCc1c[c][nH]c1. The first-order chi connectivity index (χ1) is 4.93. The van der Waals surface area contributed by atoms with Gasteiger partial charge in [0.1, 0.15) is 0 Å². The van der Waals surface area contributed by atoms with E-state index in [1.54, 1.807) is 0 Å². The molecular formula is C9H14N. The van der Waals surface area contributed by atoms with Crippen LogP contribution in [0.2, 0.25) is 0 Å². The lowest BCUT2D eigenvalue weighted by molar-refractivity contribution is 0.718. The summed E-state index contributed by atoms with van der Waals surface area (Å²) in [5.74, 6) is 0. The average Bonchev–Trinajstić information content (AvgIpc) is 2.41. The minimum absolute atomic E-state index is 1.20. The van der Waals surface area contributed by atoms with Crippen LogP contribution >= 0.6 is 0 Å². The van der Waals surface area contributed by atoms with Crippen molar-refractivity contribution < 1.29 is 0 Å². The van der Waals surface area contributed by atoms with E-state index in [0.717, 1.165) is 0 Å². The van der Waals surface area contributed by atoms with Crippen LogP contribution in [0, 0.1) is 6.20 Å². The molecule has 1 heterocycles. The smallest absolute Gasteiger partial charge is 0.0622 e. The minimum Gasteiger partial charge on any atom is -0.360 e. The van der Waals surface area contributed by atoms with Crippen LogP contribution in [0.15, 0.2) is 12.3 Å². The largest absolute Gasteiger partial charge is 0.360 e. The Balaban J connectivity index is 2.15. The molecule has 1 heteroatoms. The summed E-state index contributed by atoms with van der Waals surface area (Å²) in [6.45, 7) is 2.23. The number of nitrogens with one attached hydrogen (secondary N) is 1. The van der Waals surface area contributed by atoms with Crippen molar-refractivity contribution >= 4 is 0 Å². The van der Waals surface area contributed by atoms with Crippen LogP contribution in [0.25, 0.3) is 0 Å². The van der Waals surface area contributed by atoms with Crippen molar-refractivity contribution in [3.05, 3.63) is 24.0 Å². The molecule has 0 aromatic carbocycles. The van der Waals surface area contributed by atoms with E-state index in [0.29, 0.717) is 0 Å². The Bertz CT molecular complexity index is 153. The predicted molar refractivity (Wildman–Crippen MR) is 42.9 cm³/mol. The summed E-state index contributed by atoms with van der Waals surface area (Å²) in [6, 6.07) is 2.02. The number of hydrogen-bond acceptors (Lipinski definition) is 0. The third kappa shape index (κ3) is 2.26. The molecule has 1 aromatic rings. The highest BCUT2D eigenvalue weighted by Crippen LogP contribution is 2.03. The van der Waals surface area contributed by atoms with Gasteiger partial charge in [-0.1, -0.05) is 19.8 Å². The zero-order chi connectivity index (χ0) is 7.23. The third-order valence-corrected chi connectivity index (χ3v) is 1.67. The minimum atomic E-state index is 1.20. The Kier molecular flexibility index (Phi) is 3.07. The summed E-state index contributed by atoms with van der Waals surface area (Å²) < 4.78 is 0. The molecule has 1 aromatic heterocycles. The molecule has 0 amide bonds. The van der Waals surface area contributed by atoms with Gasteiger partial charge in [0.25, 0.3) is 0 Å². The van der Waals surface area contributed by atoms with Crippen LogP contribution in [0.1, 0.15) is 31.7 Å². The maximum Gasteiger partial charge on any atom is 0.0622 e. The number of H-pyrrole nitrogens is 1. The quantitative estimate of drug-likeness (QED) is 0.612. The van der Waals surface area contributed by atoms with E-state index in [2.05, 4.69) is 18.1 Å². The fourth-order valence-corrected chi connectivity index (χ4v) is 1.03. The topological polar surface area (TPSA) is 15.8 Å². The van der Waals surface area contributed by atoms with E-state index >= 15 is 0 Å². The van der Waals surface area contributed by atoms with Gasteiger partial charge in [0.05, 0.1) is 6.20 Å². The van der Waals surface area contributed by atoms with Crippen molar-refractivity contribution in [3.8, 4) is 0 Å². The monoisotopic (exact) mass is 136 g/mol. The normalized spacial score (nSPS) is 10.1. The van der Waals surface area contributed by atoms with Crippen LogP contribution in [0.5, 0.6) is 0 Å². The second-order valence-electron chi connectivity index (χ2n) is 2.61. The van der Waals surface area contributed by atoms with Crippen LogP contribution in [-0.4, -0.2) is 4.98 Å². The fourth-order valence-electron chi connectivity index (χ4n) is 1.03. The maximum atomic E-state index is 2.93. The molecule has 1 radical (unpaired) electrons. The summed E-state index contributed by atoms with van der Waals surface area (Å²) in [5, 5.41) is 0. The Morgan fingerprint density at radius 2 is 2.40 bits per heavy atom. The summed E-state index contributed by atoms with van der Waals surface area (Å²) in [7, 11) is 0. The fraction of sp³-hybridized carbons (Fsp3) is 0.556. The number of aromatic amines is 1. The van der Waals surface area contributed by atoms with E-state index in [1.807, 2.05) is 12.3 Å². The molecule has 0 fully saturated rings. The number of rotatable bonds is 4. The van der Waals surface area contributed by atoms with Gasteiger partial charge in [0, 0.05) is 6.20 Å². The summed E-state index contributed by atoms with van der Waals surface area (Å²) in [4.78, 5) is 2.93. The first-order valence-electron chi connectivity index (χ1n) is 3.97. The van der Waals surface area contributed by atoms with Gasteiger partial charge in [0.2, 0.25) is 0 Å². The van der Waals surface area contributed by atoms with Crippen molar-refractivity contribution in [1.82, 2.24) is 4.98 Å². The van der Waals surface area contributed by atoms with Gasteiger partial charge in [-0.15, -0.1) is 0 Å². The van der Waals surface area contributed by atoms with E-state index in [4.69, 9.17) is 0 Å². The molecule has 1 N–H and O–H groups in total. The zero-order valence-electron chi connectivity index (χ0n) is 6.48. The third-order valence-electron chi connectivity index (χ3n) is 1.67. The molecule has 1 rings (SSSR count). The number of unbranched alkanes of at least 4 members (excludes halogenated alkanes) is 2. The molecule has 1 nitrogen and oxygen atoms in total. The van der Waals surface area contributed by atoms with Crippen LogP contribution in [-0.2, 0) is 6.42 Å². The Labute approximate surface area is 62.5 Å². The molecule has 0 saturated carbocycles. The standard InChI is InChI=1S/C9H14N/c1-2-3-4-5-9-6-7-10-8-9/h6,8,10H,2-5H2,1H3. The first-order valence-corrected chi connectivity index (χ1v) is 3.97. The number of aryl methyl sites for hydroxylation is 1. The Hall–Kier alpha value is -0.720. The molecule has 0 aliphatic heterocycles. The molecule has 10 heavy (non-hydrogen) atoms. The highest BCUT2D eigenvalue weighted by atomic mass is 14.6. The van der Waals surface area contributed by atoms with Crippen molar-refractivity contribution in [2.24, 2.45) is 0 Å². The van der Waals surface area contributed by atoms with E-state index in [9.17, 15) is 0 Å². The molecule has 0 aliphatic rings. The Morgan fingerprint density at radius 1 is 1.50 bits per heavy atom. The lowest BCUT2D eigenvalue weighted by atomic mass is 10.1. The van der Waals surface area contributed by atoms with Gasteiger partial charge in [0.15, 0.2) is 0 Å². The molecule has 0 unspecified atom stereocenters. The Morgan fingerprint density at radius 3 is 3.00 bits per heavy atom. The summed E-state index contributed by atoms with van der Waals surface area (Å²) in [5.41, 5.74) is 1.38. The van der Waals surface area contributed by atoms with Gasteiger partial charge in [-0.2, -0.15) is 0 Å². The average molecular weight is 136 g/mol. The molecule has 0 atom stereocenters. The van der Waals surface area contributed by atoms with Gasteiger partial charge in [-0.3, -0.25) is 0 Å². The molecule has 0 bridgehead atoms. The lowest BCUT2D eigenvalue weighted by Gasteiger charge is -1.93. The molecule has 0 spiro atoms. The van der Waals surface area contributed by atoms with Crippen LogP contribution in [0.3, 0.4) is 0 Å². The van der Waals surface area contributed by atoms with Crippen LogP contribution < -0.4 is 0 Å². The molecule has 0 saturated heterocycles.